The van der Waals surface area contributed by atoms with E-state index in [1.807, 2.05) is 12.1 Å². The summed E-state index contributed by atoms with van der Waals surface area (Å²) in [7, 11) is -3.97. The van der Waals surface area contributed by atoms with Crippen molar-refractivity contribution in [3.05, 3.63) is 48.7 Å². The van der Waals surface area contributed by atoms with Crippen molar-refractivity contribution in [1.82, 2.24) is 20.3 Å². The Hall–Kier alpha value is -3.52. The molecule has 4 rings (SSSR count). The predicted octanol–water partition coefficient (Wildman–Crippen LogP) is 5.38. The molecule has 0 unspecified atom stereocenters. The standard InChI is InChI=1S/C29H38N6O5S2/c1-18(2)40-28(37)34-20-10-8-19(9-11-20)26-31-17-24(41-26)23-13-12-21(15-25(23)42(38,39)35-29(3,4)5)33-27(36)32-16-22-7-6-14-30-22/h8-13,15,17-18,22,30,35H,6-7,14,16H2,1-5H3,(H,34,37)(H2,32,33,36)/t22-/m0/s1. The maximum Gasteiger partial charge on any atom is 0.411 e. The van der Waals surface area contributed by atoms with E-state index in [0.717, 1.165) is 24.9 Å². The number of urea groups is 1. The Balaban J connectivity index is 1.57. The fourth-order valence-corrected chi connectivity index (χ4v) is 7.09. The normalized spacial score (nSPS) is 15.4. The Morgan fingerprint density at radius 2 is 1.81 bits per heavy atom. The molecule has 2 aromatic carbocycles. The number of amides is 3. The van der Waals surface area contributed by atoms with Gasteiger partial charge in [-0.25, -0.2) is 27.7 Å². The van der Waals surface area contributed by atoms with E-state index in [4.69, 9.17) is 4.74 Å². The molecular weight excluding hydrogens is 576 g/mol. The molecule has 0 saturated carbocycles. The van der Waals surface area contributed by atoms with Gasteiger partial charge in [-0.3, -0.25) is 5.32 Å². The maximum atomic E-state index is 13.5. The summed E-state index contributed by atoms with van der Waals surface area (Å²) in [6.07, 6.45) is 2.94. The highest BCUT2D eigenvalue weighted by atomic mass is 32.2. The molecule has 1 aromatic heterocycles. The molecule has 1 atom stereocenters. The molecule has 11 nitrogen and oxygen atoms in total. The van der Waals surface area contributed by atoms with Crippen molar-refractivity contribution in [3.8, 4) is 21.0 Å². The lowest BCUT2D eigenvalue weighted by atomic mass is 10.1. The largest absolute Gasteiger partial charge is 0.447 e. The fourth-order valence-electron chi connectivity index (χ4n) is 4.40. The second-order valence-corrected chi connectivity index (χ2v) is 14.1. The van der Waals surface area contributed by atoms with Crippen molar-refractivity contribution in [2.75, 3.05) is 23.7 Å². The van der Waals surface area contributed by atoms with Crippen LogP contribution in [0.15, 0.2) is 53.6 Å². The number of rotatable bonds is 9. The minimum absolute atomic E-state index is 0.0334. The van der Waals surface area contributed by atoms with E-state index in [9.17, 15) is 18.0 Å². The molecule has 1 fully saturated rings. The first-order valence-corrected chi connectivity index (χ1v) is 16.1. The quantitative estimate of drug-likeness (QED) is 0.217. The van der Waals surface area contributed by atoms with Crippen LogP contribution in [-0.2, 0) is 14.8 Å². The molecule has 226 valence electrons. The first-order chi connectivity index (χ1) is 19.8. The van der Waals surface area contributed by atoms with Gasteiger partial charge in [0.1, 0.15) is 5.01 Å². The maximum absolute atomic E-state index is 13.5. The molecule has 1 aliphatic rings. The lowest BCUT2D eigenvalue weighted by molar-refractivity contribution is 0.130. The third-order valence-electron chi connectivity index (χ3n) is 6.13. The summed E-state index contributed by atoms with van der Waals surface area (Å²) in [4.78, 5) is 29.6. The molecule has 3 aromatic rings. The summed E-state index contributed by atoms with van der Waals surface area (Å²) >= 11 is 1.34. The molecule has 13 heteroatoms. The van der Waals surface area contributed by atoms with Crippen LogP contribution >= 0.6 is 11.3 Å². The number of benzene rings is 2. The van der Waals surface area contributed by atoms with E-state index in [2.05, 4.69) is 31.0 Å². The Kier molecular flexibility index (Phi) is 9.87. The number of ether oxygens (including phenoxy) is 1. The molecule has 2 heterocycles. The lowest BCUT2D eigenvalue weighted by Crippen LogP contribution is -2.40. The number of carbonyl (C=O) groups excluding carboxylic acids is 2. The minimum Gasteiger partial charge on any atom is -0.447 e. The van der Waals surface area contributed by atoms with Crippen molar-refractivity contribution >= 4 is 44.9 Å². The molecule has 0 aliphatic carbocycles. The van der Waals surface area contributed by atoms with E-state index in [-0.39, 0.29) is 17.0 Å². The third-order valence-corrected chi connectivity index (χ3v) is 9.01. The molecule has 5 N–H and O–H groups in total. The van der Waals surface area contributed by atoms with Crippen molar-refractivity contribution in [3.63, 3.8) is 0 Å². The molecule has 42 heavy (non-hydrogen) atoms. The summed E-state index contributed by atoms with van der Waals surface area (Å²) in [6, 6.07) is 11.8. The lowest BCUT2D eigenvalue weighted by Gasteiger charge is -2.22. The summed E-state index contributed by atoms with van der Waals surface area (Å²) in [5.41, 5.74) is 1.48. The molecule has 1 aliphatic heterocycles. The second-order valence-electron chi connectivity index (χ2n) is 11.4. The highest BCUT2D eigenvalue weighted by molar-refractivity contribution is 7.89. The SMILES string of the molecule is CC(C)OC(=O)Nc1ccc(-c2ncc(-c3ccc(NC(=O)NC[C@@H]4CCCN4)cc3S(=O)(=O)NC(C)(C)C)s2)cc1. The van der Waals surface area contributed by atoms with Gasteiger partial charge in [-0.05, 0) is 90.4 Å². The Morgan fingerprint density at radius 3 is 2.45 bits per heavy atom. The van der Waals surface area contributed by atoms with Crippen LogP contribution in [0.25, 0.3) is 21.0 Å². The molecule has 0 bridgehead atoms. The van der Waals surface area contributed by atoms with Gasteiger partial charge in [-0.2, -0.15) is 0 Å². The van der Waals surface area contributed by atoms with E-state index >= 15 is 0 Å². The van der Waals surface area contributed by atoms with Crippen LogP contribution in [0.4, 0.5) is 21.0 Å². The van der Waals surface area contributed by atoms with Crippen LogP contribution in [0.1, 0.15) is 47.5 Å². The highest BCUT2D eigenvalue weighted by Crippen LogP contribution is 2.37. The number of aromatic nitrogens is 1. The summed E-state index contributed by atoms with van der Waals surface area (Å²) < 4.78 is 34.9. The topological polar surface area (TPSA) is 151 Å². The van der Waals surface area contributed by atoms with Gasteiger partial charge in [0.05, 0.1) is 15.9 Å². The van der Waals surface area contributed by atoms with Gasteiger partial charge in [0, 0.05) is 46.8 Å². The van der Waals surface area contributed by atoms with Crippen molar-refractivity contribution in [2.24, 2.45) is 0 Å². The van der Waals surface area contributed by atoms with Gasteiger partial charge >= 0.3 is 12.1 Å². The number of thiazole rings is 1. The van der Waals surface area contributed by atoms with Crippen LogP contribution in [0, 0.1) is 0 Å². The third kappa shape index (κ3) is 8.74. The van der Waals surface area contributed by atoms with Crippen molar-refractivity contribution in [2.45, 2.75) is 70.0 Å². The number of hydrogen-bond acceptors (Lipinski definition) is 8. The predicted molar refractivity (Wildman–Crippen MR) is 166 cm³/mol. The average Bonchev–Trinajstić information content (AvgIpc) is 3.59. The first-order valence-electron chi connectivity index (χ1n) is 13.8. The number of sulfonamides is 1. The van der Waals surface area contributed by atoms with Gasteiger partial charge in [0.15, 0.2) is 0 Å². The minimum atomic E-state index is -3.97. The first kappa shape index (κ1) is 31.4. The number of anilines is 2. The number of carbonyl (C=O) groups is 2. The van der Waals surface area contributed by atoms with Gasteiger partial charge < -0.3 is 20.7 Å². The molecule has 3 amide bonds. The summed E-state index contributed by atoms with van der Waals surface area (Å²) in [6.45, 7) is 10.3. The Labute approximate surface area is 250 Å². The molecular formula is C29H38N6O5S2. The summed E-state index contributed by atoms with van der Waals surface area (Å²) in [5, 5.41) is 12.3. The highest BCUT2D eigenvalue weighted by Gasteiger charge is 2.27. The smallest absolute Gasteiger partial charge is 0.411 e. The van der Waals surface area contributed by atoms with Gasteiger partial charge in [-0.1, -0.05) is 6.07 Å². The van der Waals surface area contributed by atoms with Crippen LogP contribution in [-0.4, -0.2) is 56.3 Å². The zero-order valence-corrected chi connectivity index (χ0v) is 26.0. The zero-order chi connectivity index (χ0) is 30.5. The van der Waals surface area contributed by atoms with E-state index in [1.54, 1.807) is 65.1 Å². The molecule has 0 radical (unpaired) electrons. The number of nitrogens with one attached hydrogen (secondary N) is 5. The van der Waals surface area contributed by atoms with Crippen molar-refractivity contribution < 1.29 is 22.7 Å². The Bertz CT molecular complexity index is 1510. The van der Waals surface area contributed by atoms with Gasteiger partial charge in [0.25, 0.3) is 0 Å². The zero-order valence-electron chi connectivity index (χ0n) is 24.4. The summed E-state index contributed by atoms with van der Waals surface area (Å²) in [5.74, 6) is 0. The Morgan fingerprint density at radius 1 is 1.10 bits per heavy atom. The number of hydrogen-bond donors (Lipinski definition) is 5. The van der Waals surface area contributed by atoms with E-state index in [0.29, 0.717) is 33.4 Å². The van der Waals surface area contributed by atoms with Gasteiger partial charge in [0.2, 0.25) is 10.0 Å². The van der Waals surface area contributed by atoms with Crippen LogP contribution in [0.3, 0.4) is 0 Å². The second kappa shape index (κ2) is 13.2. The van der Waals surface area contributed by atoms with Crippen LogP contribution in [0.5, 0.6) is 0 Å². The molecule has 1 saturated heterocycles. The fraction of sp³-hybridized carbons (Fsp3) is 0.414. The van der Waals surface area contributed by atoms with Crippen LogP contribution in [0.2, 0.25) is 0 Å². The molecule has 0 spiro atoms. The average molecular weight is 615 g/mol. The van der Waals surface area contributed by atoms with Crippen LogP contribution < -0.4 is 26.0 Å². The monoisotopic (exact) mass is 614 g/mol. The van der Waals surface area contributed by atoms with E-state index in [1.165, 1.54) is 17.4 Å². The van der Waals surface area contributed by atoms with Gasteiger partial charge in [-0.15, -0.1) is 11.3 Å². The van der Waals surface area contributed by atoms with Crippen molar-refractivity contribution in [1.29, 1.82) is 0 Å². The van der Waals surface area contributed by atoms with E-state index < -0.39 is 27.7 Å². The number of nitrogens with zero attached hydrogens (tertiary/aromatic N) is 1.